The predicted molar refractivity (Wildman–Crippen MR) is 91.6 cm³/mol. The third-order valence-electron chi connectivity index (χ3n) is 3.92. The lowest BCUT2D eigenvalue weighted by Gasteiger charge is -2.34. The first-order valence-electron chi connectivity index (χ1n) is 7.25. The number of hydrogen-bond donors (Lipinski definition) is 1. The zero-order valence-electron chi connectivity index (χ0n) is 13.8. The summed E-state index contributed by atoms with van der Waals surface area (Å²) < 4.78 is 10.9. The molecule has 0 amide bonds. The molecule has 0 saturated carbocycles. The molecule has 0 aliphatic rings. The Hall–Kier alpha value is -0.910. The molecule has 1 rings (SSSR count). The highest BCUT2D eigenvalue weighted by Crippen LogP contribution is 2.33. The SMILES string of the molecule is CCC(CSC)N(C)C(CN)c1cc(OC)ccc1OC. The molecule has 2 N–H and O–H groups in total. The van der Waals surface area contributed by atoms with E-state index in [9.17, 15) is 0 Å². The van der Waals surface area contributed by atoms with Crippen LogP contribution in [0.5, 0.6) is 11.5 Å². The molecular formula is C16H28N2O2S. The van der Waals surface area contributed by atoms with Gasteiger partial charge in [0.15, 0.2) is 0 Å². The van der Waals surface area contributed by atoms with E-state index in [1.165, 1.54) is 0 Å². The molecule has 4 nitrogen and oxygen atoms in total. The van der Waals surface area contributed by atoms with E-state index in [0.29, 0.717) is 12.6 Å². The second-order valence-electron chi connectivity index (χ2n) is 5.04. The summed E-state index contributed by atoms with van der Waals surface area (Å²) in [6, 6.07) is 6.49. The van der Waals surface area contributed by atoms with Crippen molar-refractivity contribution in [3.63, 3.8) is 0 Å². The zero-order chi connectivity index (χ0) is 15.8. The van der Waals surface area contributed by atoms with E-state index in [0.717, 1.165) is 29.2 Å². The fourth-order valence-electron chi connectivity index (χ4n) is 2.58. The molecule has 21 heavy (non-hydrogen) atoms. The van der Waals surface area contributed by atoms with Crippen LogP contribution in [0.2, 0.25) is 0 Å². The minimum atomic E-state index is 0.118. The van der Waals surface area contributed by atoms with Gasteiger partial charge >= 0.3 is 0 Å². The van der Waals surface area contributed by atoms with Crippen molar-refractivity contribution in [3.8, 4) is 11.5 Å². The van der Waals surface area contributed by atoms with Crippen LogP contribution in [0, 0.1) is 0 Å². The summed E-state index contributed by atoms with van der Waals surface area (Å²) in [6.07, 6.45) is 3.24. The standard InChI is InChI=1S/C16H28N2O2S/c1-6-12(11-21-5)18(2)15(10-17)14-9-13(19-3)7-8-16(14)20-4/h7-9,12,15H,6,10-11,17H2,1-5H3. The number of nitrogens with two attached hydrogens (primary N) is 1. The van der Waals surface area contributed by atoms with E-state index in [1.54, 1.807) is 14.2 Å². The summed E-state index contributed by atoms with van der Waals surface area (Å²) in [7, 11) is 5.51. The maximum absolute atomic E-state index is 6.06. The fraction of sp³-hybridized carbons (Fsp3) is 0.625. The molecule has 0 aliphatic heterocycles. The average Bonchev–Trinajstić information content (AvgIpc) is 2.52. The van der Waals surface area contributed by atoms with Gasteiger partial charge in [-0.15, -0.1) is 0 Å². The Morgan fingerprint density at radius 3 is 2.48 bits per heavy atom. The van der Waals surface area contributed by atoms with Crippen LogP contribution in [0.4, 0.5) is 0 Å². The van der Waals surface area contributed by atoms with Crippen molar-refractivity contribution in [1.82, 2.24) is 4.90 Å². The average molecular weight is 312 g/mol. The number of rotatable bonds is 9. The summed E-state index contributed by atoms with van der Waals surface area (Å²) in [6.45, 7) is 2.76. The predicted octanol–water partition coefficient (Wildman–Crippen LogP) is 2.78. The van der Waals surface area contributed by atoms with Crippen molar-refractivity contribution >= 4 is 11.8 Å². The van der Waals surface area contributed by atoms with Gasteiger partial charge in [0.1, 0.15) is 11.5 Å². The van der Waals surface area contributed by atoms with E-state index < -0.39 is 0 Å². The van der Waals surface area contributed by atoms with Crippen molar-refractivity contribution in [2.75, 3.05) is 39.8 Å². The highest BCUT2D eigenvalue weighted by Gasteiger charge is 2.25. The Balaban J connectivity index is 3.12. The van der Waals surface area contributed by atoms with Crippen LogP contribution >= 0.6 is 11.8 Å². The van der Waals surface area contributed by atoms with Gasteiger partial charge in [-0.2, -0.15) is 11.8 Å². The number of likely N-dealkylation sites (N-methyl/N-ethyl adjacent to an activating group) is 1. The van der Waals surface area contributed by atoms with Gasteiger partial charge in [0, 0.05) is 23.9 Å². The van der Waals surface area contributed by atoms with Crippen molar-refractivity contribution in [2.24, 2.45) is 5.73 Å². The Labute approximate surface area is 133 Å². The summed E-state index contributed by atoms with van der Waals surface area (Å²) in [4.78, 5) is 2.35. The molecular weight excluding hydrogens is 284 g/mol. The van der Waals surface area contributed by atoms with Crippen LogP contribution in [0.25, 0.3) is 0 Å². The van der Waals surface area contributed by atoms with Gasteiger partial charge in [0.2, 0.25) is 0 Å². The molecule has 0 saturated heterocycles. The van der Waals surface area contributed by atoms with Crippen LogP contribution in [0.15, 0.2) is 18.2 Å². The number of thioether (sulfide) groups is 1. The van der Waals surface area contributed by atoms with Gasteiger partial charge in [-0.3, -0.25) is 4.90 Å². The second-order valence-corrected chi connectivity index (χ2v) is 5.95. The van der Waals surface area contributed by atoms with Crippen LogP contribution < -0.4 is 15.2 Å². The van der Waals surface area contributed by atoms with Gasteiger partial charge in [0.25, 0.3) is 0 Å². The Bertz CT molecular complexity index is 429. The zero-order valence-corrected chi connectivity index (χ0v) is 14.6. The van der Waals surface area contributed by atoms with E-state index in [4.69, 9.17) is 15.2 Å². The molecule has 1 aromatic rings. The quantitative estimate of drug-likeness (QED) is 0.760. The fourth-order valence-corrected chi connectivity index (χ4v) is 3.44. The van der Waals surface area contributed by atoms with Crippen LogP contribution in [0.1, 0.15) is 24.9 Å². The van der Waals surface area contributed by atoms with Crippen LogP contribution in [-0.4, -0.2) is 50.8 Å². The van der Waals surface area contributed by atoms with E-state index in [-0.39, 0.29) is 6.04 Å². The monoisotopic (exact) mass is 312 g/mol. The molecule has 2 atom stereocenters. The third-order valence-corrected chi connectivity index (χ3v) is 4.64. The molecule has 0 fully saturated rings. The molecule has 5 heteroatoms. The summed E-state index contributed by atoms with van der Waals surface area (Å²) in [5, 5.41) is 0. The lowest BCUT2D eigenvalue weighted by atomic mass is 10.0. The largest absolute Gasteiger partial charge is 0.497 e. The van der Waals surface area contributed by atoms with Crippen LogP contribution in [0.3, 0.4) is 0 Å². The van der Waals surface area contributed by atoms with E-state index in [1.807, 2.05) is 30.0 Å². The van der Waals surface area contributed by atoms with Crippen molar-refractivity contribution in [2.45, 2.75) is 25.4 Å². The second kappa shape index (κ2) is 9.18. The van der Waals surface area contributed by atoms with Crippen molar-refractivity contribution < 1.29 is 9.47 Å². The smallest absolute Gasteiger partial charge is 0.123 e. The summed E-state index contributed by atoms with van der Waals surface area (Å²) >= 11 is 1.86. The lowest BCUT2D eigenvalue weighted by Crippen LogP contribution is -2.39. The number of benzene rings is 1. The highest BCUT2D eigenvalue weighted by atomic mass is 32.2. The minimum Gasteiger partial charge on any atom is -0.497 e. The number of ether oxygens (including phenoxy) is 2. The molecule has 0 heterocycles. The number of hydrogen-bond acceptors (Lipinski definition) is 5. The van der Waals surface area contributed by atoms with Gasteiger partial charge in [-0.25, -0.2) is 0 Å². The van der Waals surface area contributed by atoms with Crippen molar-refractivity contribution in [1.29, 1.82) is 0 Å². The Kier molecular flexibility index (Phi) is 7.93. The lowest BCUT2D eigenvalue weighted by molar-refractivity contribution is 0.184. The topological polar surface area (TPSA) is 47.7 Å². The normalized spacial score (nSPS) is 14.0. The first-order chi connectivity index (χ1) is 10.1. The summed E-state index contributed by atoms with van der Waals surface area (Å²) in [5.74, 6) is 2.78. The molecule has 0 aliphatic carbocycles. The van der Waals surface area contributed by atoms with E-state index >= 15 is 0 Å². The van der Waals surface area contributed by atoms with Gasteiger partial charge < -0.3 is 15.2 Å². The molecule has 0 aromatic heterocycles. The van der Waals surface area contributed by atoms with Crippen molar-refractivity contribution in [3.05, 3.63) is 23.8 Å². The molecule has 0 bridgehead atoms. The number of methoxy groups -OCH3 is 2. The molecule has 120 valence electrons. The molecule has 2 unspecified atom stereocenters. The maximum Gasteiger partial charge on any atom is 0.123 e. The first kappa shape index (κ1) is 18.1. The van der Waals surface area contributed by atoms with Gasteiger partial charge in [-0.05, 0) is 37.9 Å². The third kappa shape index (κ3) is 4.53. The Morgan fingerprint density at radius 1 is 1.29 bits per heavy atom. The number of nitrogens with zero attached hydrogens (tertiary/aromatic N) is 1. The molecule has 0 radical (unpaired) electrons. The Morgan fingerprint density at radius 2 is 2.00 bits per heavy atom. The minimum absolute atomic E-state index is 0.118. The maximum atomic E-state index is 6.06. The van der Waals surface area contributed by atoms with E-state index in [2.05, 4.69) is 25.1 Å². The molecule has 1 aromatic carbocycles. The highest BCUT2D eigenvalue weighted by molar-refractivity contribution is 7.98. The molecule has 0 spiro atoms. The van der Waals surface area contributed by atoms with Gasteiger partial charge in [-0.1, -0.05) is 6.92 Å². The van der Waals surface area contributed by atoms with Crippen LogP contribution in [-0.2, 0) is 0 Å². The van der Waals surface area contributed by atoms with Gasteiger partial charge in [0.05, 0.1) is 20.3 Å². The summed E-state index contributed by atoms with van der Waals surface area (Å²) in [5.41, 5.74) is 7.15. The first-order valence-corrected chi connectivity index (χ1v) is 8.65.